The molecule has 1 saturated heterocycles. The number of benzene rings is 2. The van der Waals surface area contributed by atoms with E-state index in [1.165, 1.54) is 36.4 Å². The number of halogens is 6. The van der Waals surface area contributed by atoms with Crippen LogP contribution in [0.1, 0.15) is 83.1 Å². The van der Waals surface area contributed by atoms with E-state index >= 15 is 0 Å². The molecule has 1 fully saturated rings. The van der Waals surface area contributed by atoms with Crippen LogP contribution in [0.2, 0.25) is 0 Å². The Kier molecular flexibility index (Phi) is 13.9. The molecule has 3 rings (SSSR count). The molecule has 1 heterocycles. The molecule has 0 radical (unpaired) electrons. The molecule has 1 N–H and O–H groups in total. The molecule has 51 heavy (non-hydrogen) atoms. The Morgan fingerprint density at radius 1 is 1.12 bits per heavy atom. The van der Waals surface area contributed by atoms with Gasteiger partial charge in [0.05, 0.1) is 5.56 Å². The first-order chi connectivity index (χ1) is 23.9. The molecular formula is C36H41BF6N4O4. The molecule has 15 heteroatoms. The summed E-state index contributed by atoms with van der Waals surface area (Å²) in [5, 5.41) is 11.7. The predicted molar refractivity (Wildman–Crippen MR) is 185 cm³/mol. The molecule has 1 aliphatic rings. The number of nitriles is 1. The van der Waals surface area contributed by atoms with E-state index in [1.807, 2.05) is 18.7 Å². The van der Waals surface area contributed by atoms with Crippen molar-refractivity contribution in [2.24, 2.45) is 10.9 Å². The number of carbonyl (C=O) groups is 1. The molecular weight excluding hydrogens is 677 g/mol. The van der Waals surface area contributed by atoms with E-state index in [-0.39, 0.29) is 35.5 Å². The molecule has 0 spiro atoms. The van der Waals surface area contributed by atoms with Gasteiger partial charge in [0, 0.05) is 0 Å². The van der Waals surface area contributed by atoms with Gasteiger partial charge in [0.25, 0.3) is 0 Å². The Morgan fingerprint density at radius 3 is 2.37 bits per heavy atom. The van der Waals surface area contributed by atoms with Crippen LogP contribution in [0.25, 0.3) is 11.8 Å². The van der Waals surface area contributed by atoms with Gasteiger partial charge in [0.15, 0.2) is 0 Å². The van der Waals surface area contributed by atoms with Crippen LogP contribution in [0.4, 0.5) is 31.1 Å². The zero-order chi connectivity index (χ0) is 38.0. The normalized spacial score (nSPS) is 16.8. The summed E-state index contributed by atoms with van der Waals surface area (Å²) in [5.74, 6) is -0.543. The third-order valence-electron chi connectivity index (χ3n) is 7.86. The number of alkyl halides is 6. The van der Waals surface area contributed by atoms with Crippen molar-refractivity contribution in [1.29, 1.82) is 5.26 Å². The van der Waals surface area contributed by atoms with E-state index in [4.69, 9.17) is 24.4 Å². The van der Waals surface area contributed by atoms with Crippen molar-refractivity contribution in [2.45, 2.75) is 84.8 Å². The number of allylic oxidation sites excluding steroid dienone is 1. The Labute approximate surface area is 294 Å². The number of hydrogen-bond acceptors (Lipinski definition) is 7. The third kappa shape index (κ3) is 11.9. The second-order valence-corrected chi connectivity index (χ2v) is 12.8. The van der Waals surface area contributed by atoms with Gasteiger partial charge in [0.1, 0.15) is 0 Å². The Balaban J connectivity index is 1.91. The molecule has 0 bridgehead atoms. The van der Waals surface area contributed by atoms with Gasteiger partial charge in [-0.3, -0.25) is 0 Å². The SMILES string of the molecule is C/C=C(\N=C(C(C)CC)C1CCCN1C(=BOC#N)NC(=O)OC(C)(C)C)c1ccc(OC/C=C/c2ccc(C(F)(F)F)cc2)c(C(F)(F)F)c1. The average molecular weight is 719 g/mol. The van der Waals surface area contributed by atoms with Crippen LogP contribution in [0.5, 0.6) is 5.75 Å². The van der Waals surface area contributed by atoms with Gasteiger partial charge in [-0.15, -0.1) is 0 Å². The van der Waals surface area contributed by atoms with Crippen LogP contribution < -0.4 is 10.1 Å². The Morgan fingerprint density at radius 2 is 1.80 bits per heavy atom. The molecule has 0 aliphatic carbocycles. The van der Waals surface area contributed by atoms with Crippen molar-refractivity contribution >= 4 is 36.4 Å². The molecule has 1 aliphatic heterocycles. The number of nitrogens with zero attached hydrogens (tertiary/aromatic N) is 3. The van der Waals surface area contributed by atoms with E-state index in [2.05, 4.69) is 5.32 Å². The number of rotatable bonds is 12. The number of aliphatic imine (C=N–C) groups is 1. The molecule has 8 nitrogen and oxygen atoms in total. The van der Waals surface area contributed by atoms with E-state index in [0.29, 0.717) is 37.1 Å². The fourth-order valence-corrected chi connectivity index (χ4v) is 5.32. The summed E-state index contributed by atoms with van der Waals surface area (Å²) in [5.41, 5.74) is -0.873. The van der Waals surface area contributed by atoms with Gasteiger partial charge in [-0.05, 0) is 23.8 Å². The first-order valence-corrected chi connectivity index (χ1v) is 16.3. The van der Waals surface area contributed by atoms with Crippen LogP contribution in [-0.4, -0.2) is 54.3 Å². The van der Waals surface area contributed by atoms with Crippen molar-refractivity contribution < 1.29 is 45.3 Å². The maximum atomic E-state index is 14.3. The number of alkyl carbamates (subject to hydrolysis) is 1. The number of ether oxygens (including phenoxy) is 2. The van der Waals surface area contributed by atoms with E-state index in [1.54, 1.807) is 40.0 Å². The van der Waals surface area contributed by atoms with Crippen LogP contribution in [0.3, 0.4) is 0 Å². The molecule has 0 aromatic heterocycles. The van der Waals surface area contributed by atoms with Crippen LogP contribution in [0, 0.1) is 17.4 Å². The Hall–Kier alpha value is -4.74. The average Bonchev–Trinajstić information content (AvgIpc) is 3.53. The summed E-state index contributed by atoms with van der Waals surface area (Å²) < 4.78 is 97.1. The van der Waals surface area contributed by atoms with Crippen molar-refractivity contribution in [1.82, 2.24) is 10.2 Å². The second kappa shape index (κ2) is 17.5. The summed E-state index contributed by atoms with van der Waals surface area (Å²) >= 11 is 0. The Bertz CT molecular complexity index is 1670. The predicted octanol–water partition coefficient (Wildman–Crippen LogP) is 8.86. The van der Waals surface area contributed by atoms with Crippen molar-refractivity contribution in [3.05, 3.63) is 76.9 Å². The summed E-state index contributed by atoms with van der Waals surface area (Å²) in [6, 6.07) is 7.59. The van der Waals surface area contributed by atoms with E-state index < -0.39 is 40.9 Å². The maximum absolute atomic E-state index is 14.3. The monoisotopic (exact) mass is 718 g/mol. The van der Waals surface area contributed by atoms with Gasteiger partial charge >= 0.3 is 234 Å². The fraction of sp³-hybridized carbons (Fsp3) is 0.444. The minimum absolute atomic E-state index is 0.119. The molecule has 2 unspecified atom stereocenters. The molecule has 0 saturated carbocycles. The van der Waals surface area contributed by atoms with Gasteiger partial charge in [-0.1, -0.05) is 18.2 Å². The summed E-state index contributed by atoms with van der Waals surface area (Å²) in [6.45, 7) is 10.9. The van der Waals surface area contributed by atoms with Crippen LogP contribution in [0.15, 0.2) is 59.6 Å². The van der Waals surface area contributed by atoms with Gasteiger partial charge in [0.2, 0.25) is 0 Å². The zero-order valence-corrected chi connectivity index (χ0v) is 29.3. The zero-order valence-electron chi connectivity index (χ0n) is 29.3. The number of carbonyl (C=O) groups excluding carboxylic acids is 1. The number of likely N-dealkylation sites (tertiary alicyclic amines) is 1. The fourth-order valence-electron chi connectivity index (χ4n) is 5.32. The topological polar surface area (TPSA) is 96.2 Å². The summed E-state index contributed by atoms with van der Waals surface area (Å²) in [4.78, 5) is 19.4. The standard InChI is InChI=1S/C36H41BF6N4O4/c1-7-23(3)31(29-12-9-19-47(29)32(37-50-22-44)46-33(48)51-34(4,5)6)45-28(8-2)25-15-18-30(27(21-25)36(41,42)43)49-20-10-11-24-13-16-26(17-14-24)35(38,39)40/h8,10-11,13-18,21,23,29H,7,9,12,19-20H2,1-6H3,(H,46,48)/b11-10+,28-8-,45-31?. The number of hydrogen-bond donors (Lipinski definition) is 1. The van der Waals surface area contributed by atoms with Crippen LogP contribution in [-0.2, 0) is 21.7 Å². The molecule has 1 amide bonds. The summed E-state index contributed by atoms with van der Waals surface area (Å²) in [7, 11) is 1.11. The first kappa shape index (κ1) is 40.7. The molecule has 2 atom stereocenters. The van der Waals surface area contributed by atoms with E-state index in [9.17, 15) is 31.1 Å². The third-order valence-corrected chi connectivity index (χ3v) is 7.86. The van der Waals surface area contributed by atoms with E-state index in [0.717, 1.165) is 25.3 Å². The first-order valence-electron chi connectivity index (χ1n) is 16.3. The van der Waals surface area contributed by atoms with Gasteiger partial charge in [-0.2, -0.15) is 13.2 Å². The molecule has 274 valence electrons. The van der Waals surface area contributed by atoms with Gasteiger partial charge in [-0.25, -0.2) is 0 Å². The van der Waals surface area contributed by atoms with Crippen molar-refractivity contribution in [2.75, 3.05) is 13.2 Å². The molecule has 2 aromatic rings. The van der Waals surface area contributed by atoms with Gasteiger partial charge < -0.3 is 0 Å². The number of amides is 1. The molecule has 2 aromatic carbocycles. The minimum atomic E-state index is -4.78. The summed E-state index contributed by atoms with van der Waals surface area (Å²) in [6.07, 6.45) is -2.01. The van der Waals surface area contributed by atoms with Crippen LogP contribution >= 0.6 is 0 Å². The van der Waals surface area contributed by atoms with Crippen molar-refractivity contribution in [3.63, 3.8) is 0 Å². The number of nitrogens with one attached hydrogen (secondary N) is 1. The second-order valence-electron chi connectivity index (χ2n) is 12.8. The van der Waals surface area contributed by atoms with Crippen molar-refractivity contribution in [3.8, 4) is 12.0 Å². The quantitative estimate of drug-likeness (QED) is 0.102.